The Bertz CT molecular complexity index is 247. The fraction of sp³-hybridized carbons (Fsp3) is 0.364. The summed E-state index contributed by atoms with van der Waals surface area (Å²) in [4.78, 5) is 10.4. The number of thioether (sulfide) groups is 1. The Hall–Kier alpha value is -0.960. The van der Waals surface area contributed by atoms with Crippen molar-refractivity contribution in [3.63, 3.8) is 0 Å². The molecule has 14 heavy (non-hydrogen) atoms. The Morgan fingerprint density at radius 2 is 1.79 bits per heavy atom. The predicted octanol–water partition coefficient (Wildman–Crippen LogP) is 2.73. The maximum Gasteiger partial charge on any atom is 0.302 e. The Balaban J connectivity index is 0.000000500. The smallest absolute Gasteiger partial charge is 0.302 e. The molecule has 0 saturated heterocycles. The van der Waals surface area contributed by atoms with Crippen molar-refractivity contribution in [1.82, 2.24) is 0 Å². The summed E-state index contributed by atoms with van der Waals surface area (Å²) in [5.74, 6) is -0.242. The quantitative estimate of drug-likeness (QED) is 0.705. The fourth-order valence-electron chi connectivity index (χ4n) is 0.759. The van der Waals surface area contributed by atoms with Crippen LogP contribution in [0.3, 0.4) is 0 Å². The molecule has 0 heterocycles. The van der Waals surface area contributed by atoms with Crippen molar-refractivity contribution in [1.29, 1.82) is 0 Å². The molecule has 0 aliphatic heterocycles. The Kier molecular flexibility index (Phi) is 8.04. The van der Waals surface area contributed by atoms with Gasteiger partial charge in [0.2, 0.25) is 0 Å². The molecular weight excluding hydrogens is 196 g/mol. The molecule has 0 N–H and O–H groups in total. The van der Waals surface area contributed by atoms with Crippen molar-refractivity contribution < 1.29 is 9.53 Å². The Labute approximate surface area is 89.7 Å². The average Bonchev–Trinajstić information content (AvgIpc) is 2.18. The first-order valence-electron chi connectivity index (χ1n) is 4.28. The topological polar surface area (TPSA) is 26.3 Å². The molecule has 0 amide bonds. The van der Waals surface area contributed by atoms with Gasteiger partial charge in [0, 0.05) is 6.92 Å². The summed E-state index contributed by atoms with van der Waals surface area (Å²) in [6, 6.07) is 9.60. The molecule has 0 aliphatic rings. The Morgan fingerprint density at radius 1 is 1.29 bits per heavy atom. The molecule has 0 fully saturated rings. The van der Waals surface area contributed by atoms with E-state index >= 15 is 0 Å². The van der Waals surface area contributed by atoms with Crippen LogP contribution in [-0.2, 0) is 16.1 Å². The van der Waals surface area contributed by atoms with Crippen molar-refractivity contribution in [2.45, 2.75) is 13.5 Å². The maximum atomic E-state index is 10.4. The zero-order valence-corrected chi connectivity index (χ0v) is 9.64. The summed E-state index contributed by atoms with van der Waals surface area (Å²) in [6.07, 6.45) is 4.08. The molecule has 0 unspecified atom stereocenters. The average molecular weight is 212 g/mol. The van der Waals surface area contributed by atoms with E-state index in [0.717, 1.165) is 5.56 Å². The van der Waals surface area contributed by atoms with Gasteiger partial charge in [-0.1, -0.05) is 30.3 Å². The van der Waals surface area contributed by atoms with Crippen LogP contribution in [0.15, 0.2) is 30.3 Å². The molecule has 1 aromatic carbocycles. The van der Waals surface area contributed by atoms with E-state index in [-0.39, 0.29) is 5.97 Å². The van der Waals surface area contributed by atoms with Crippen LogP contribution >= 0.6 is 11.8 Å². The lowest BCUT2D eigenvalue weighted by Crippen LogP contribution is -1.97. The molecule has 0 aromatic heterocycles. The van der Waals surface area contributed by atoms with E-state index in [4.69, 9.17) is 4.74 Å². The highest BCUT2D eigenvalue weighted by atomic mass is 32.2. The molecule has 1 rings (SSSR count). The molecule has 0 radical (unpaired) electrons. The number of hydrogen-bond donors (Lipinski definition) is 0. The van der Waals surface area contributed by atoms with Crippen molar-refractivity contribution in [3.8, 4) is 0 Å². The van der Waals surface area contributed by atoms with E-state index < -0.39 is 0 Å². The summed E-state index contributed by atoms with van der Waals surface area (Å²) in [5, 5.41) is 0. The summed E-state index contributed by atoms with van der Waals surface area (Å²) < 4.78 is 4.79. The van der Waals surface area contributed by atoms with E-state index in [1.54, 1.807) is 11.8 Å². The van der Waals surface area contributed by atoms with Crippen LogP contribution in [-0.4, -0.2) is 18.5 Å². The van der Waals surface area contributed by atoms with Crippen LogP contribution < -0.4 is 0 Å². The number of benzene rings is 1. The van der Waals surface area contributed by atoms with Gasteiger partial charge in [-0.15, -0.1) is 0 Å². The second kappa shape index (κ2) is 8.63. The third-order valence-corrected chi connectivity index (χ3v) is 1.28. The third kappa shape index (κ3) is 7.68. The zero-order chi connectivity index (χ0) is 10.8. The highest BCUT2D eigenvalue weighted by molar-refractivity contribution is 7.97. The molecule has 0 aliphatic carbocycles. The number of ether oxygens (including phenoxy) is 1. The first-order valence-corrected chi connectivity index (χ1v) is 5.91. The van der Waals surface area contributed by atoms with Gasteiger partial charge in [0.05, 0.1) is 0 Å². The maximum absolute atomic E-state index is 10.4. The van der Waals surface area contributed by atoms with E-state index in [1.807, 2.05) is 42.8 Å². The molecule has 1 aromatic rings. The van der Waals surface area contributed by atoms with Gasteiger partial charge in [-0.05, 0) is 18.1 Å². The molecule has 0 atom stereocenters. The van der Waals surface area contributed by atoms with Gasteiger partial charge >= 0.3 is 5.97 Å². The van der Waals surface area contributed by atoms with Crippen molar-refractivity contribution in [2.24, 2.45) is 0 Å². The molecule has 78 valence electrons. The van der Waals surface area contributed by atoms with Gasteiger partial charge < -0.3 is 4.74 Å². The van der Waals surface area contributed by atoms with Gasteiger partial charge in [-0.2, -0.15) is 11.8 Å². The molecule has 0 bridgehead atoms. The minimum atomic E-state index is -0.242. The van der Waals surface area contributed by atoms with Crippen LogP contribution in [0, 0.1) is 0 Å². The number of carbonyl (C=O) groups excluding carboxylic acids is 1. The Morgan fingerprint density at radius 3 is 2.21 bits per heavy atom. The lowest BCUT2D eigenvalue weighted by molar-refractivity contribution is -0.142. The monoisotopic (exact) mass is 212 g/mol. The first kappa shape index (κ1) is 13.0. The largest absolute Gasteiger partial charge is 0.461 e. The first-order chi connectivity index (χ1) is 6.70. The molecule has 3 heteroatoms. The second-order valence-electron chi connectivity index (χ2n) is 2.67. The van der Waals surface area contributed by atoms with Crippen LogP contribution in [0.25, 0.3) is 0 Å². The number of esters is 1. The lowest BCUT2D eigenvalue weighted by atomic mass is 10.2. The number of hydrogen-bond acceptors (Lipinski definition) is 3. The summed E-state index contributed by atoms with van der Waals surface area (Å²) in [7, 11) is 0. The zero-order valence-electron chi connectivity index (χ0n) is 8.82. The standard InChI is InChI=1S/C9H10O2.C2H6S/c1-8(10)11-7-9-5-3-2-4-6-9;1-3-2/h2-6H,7H2,1H3;1-2H3. The predicted molar refractivity (Wildman–Crippen MR) is 61.4 cm³/mol. The molecular formula is C11H16O2S. The highest BCUT2D eigenvalue weighted by Gasteiger charge is 1.93. The van der Waals surface area contributed by atoms with Crippen LogP contribution in [0.5, 0.6) is 0 Å². The SMILES string of the molecule is CC(=O)OCc1ccccc1.CSC. The minimum Gasteiger partial charge on any atom is -0.461 e. The van der Waals surface area contributed by atoms with Crippen molar-refractivity contribution in [3.05, 3.63) is 35.9 Å². The summed E-state index contributed by atoms with van der Waals surface area (Å²) >= 11 is 1.75. The second-order valence-corrected chi connectivity index (χ2v) is 3.49. The van der Waals surface area contributed by atoms with Crippen molar-refractivity contribution >= 4 is 17.7 Å². The van der Waals surface area contributed by atoms with E-state index in [2.05, 4.69) is 0 Å². The third-order valence-electron chi connectivity index (χ3n) is 1.28. The highest BCUT2D eigenvalue weighted by Crippen LogP contribution is 1.99. The lowest BCUT2D eigenvalue weighted by Gasteiger charge is -1.99. The molecule has 0 spiro atoms. The summed E-state index contributed by atoms with van der Waals surface area (Å²) in [6.45, 7) is 1.78. The van der Waals surface area contributed by atoms with Gasteiger partial charge in [0.1, 0.15) is 6.61 Å². The minimum absolute atomic E-state index is 0.242. The van der Waals surface area contributed by atoms with Crippen LogP contribution in [0.4, 0.5) is 0 Å². The van der Waals surface area contributed by atoms with Gasteiger partial charge in [0.15, 0.2) is 0 Å². The normalized spacial score (nSPS) is 8.50. The fourth-order valence-corrected chi connectivity index (χ4v) is 0.759. The van der Waals surface area contributed by atoms with E-state index in [1.165, 1.54) is 6.92 Å². The van der Waals surface area contributed by atoms with Gasteiger partial charge in [0.25, 0.3) is 0 Å². The van der Waals surface area contributed by atoms with Crippen LogP contribution in [0.1, 0.15) is 12.5 Å². The summed E-state index contributed by atoms with van der Waals surface area (Å²) in [5.41, 5.74) is 1.02. The van der Waals surface area contributed by atoms with E-state index in [9.17, 15) is 4.79 Å². The van der Waals surface area contributed by atoms with Crippen molar-refractivity contribution in [2.75, 3.05) is 12.5 Å². The molecule has 0 saturated carbocycles. The molecule has 2 nitrogen and oxygen atoms in total. The number of carbonyl (C=O) groups is 1. The van der Waals surface area contributed by atoms with Crippen LogP contribution in [0.2, 0.25) is 0 Å². The number of rotatable bonds is 2. The van der Waals surface area contributed by atoms with Gasteiger partial charge in [-0.25, -0.2) is 0 Å². The van der Waals surface area contributed by atoms with E-state index in [0.29, 0.717) is 6.61 Å². The van der Waals surface area contributed by atoms with Gasteiger partial charge in [-0.3, -0.25) is 4.79 Å².